The number of nitrogens with zero attached hydrogens (tertiary/aromatic N) is 2. The van der Waals surface area contributed by atoms with E-state index >= 15 is 0 Å². The van der Waals surface area contributed by atoms with Crippen LogP contribution in [-0.4, -0.2) is 42.7 Å². The first-order chi connectivity index (χ1) is 12.4. The molecule has 1 fully saturated rings. The van der Waals surface area contributed by atoms with Gasteiger partial charge in [0.2, 0.25) is 15.9 Å². The molecule has 1 aliphatic rings. The van der Waals surface area contributed by atoms with Crippen molar-refractivity contribution in [1.29, 1.82) is 0 Å². The van der Waals surface area contributed by atoms with Gasteiger partial charge in [0.1, 0.15) is 6.04 Å². The van der Waals surface area contributed by atoms with E-state index in [9.17, 15) is 13.2 Å². The molecule has 1 amide bonds. The summed E-state index contributed by atoms with van der Waals surface area (Å²) in [5.74, 6) is -0.139. The van der Waals surface area contributed by atoms with Gasteiger partial charge in [-0.15, -0.1) is 0 Å². The third kappa shape index (κ3) is 3.27. The molecular formula is C20H24N2O3S. The molecule has 0 radical (unpaired) electrons. The van der Waals surface area contributed by atoms with E-state index in [-0.39, 0.29) is 10.8 Å². The summed E-state index contributed by atoms with van der Waals surface area (Å²) in [6.45, 7) is 6.84. The molecule has 3 atom stereocenters. The van der Waals surface area contributed by atoms with Crippen LogP contribution < -0.4 is 0 Å². The van der Waals surface area contributed by atoms with Crippen molar-refractivity contribution >= 4 is 15.9 Å². The summed E-state index contributed by atoms with van der Waals surface area (Å²) in [4.78, 5) is 14.8. The van der Waals surface area contributed by atoms with E-state index in [0.717, 1.165) is 11.1 Å². The highest BCUT2D eigenvalue weighted by molar-refractivity contribution is 7.89. The van der Waals surface area contributed by atoms with Gasteiger partial charge in [-0.2, -0.15) is 4.31 Å². The Hall–Kier alpha value is -2.18. The minimum atomic E-state index is -3.74. The molecule has 2 aromatic carbocycles. The normalized spacial score (nSPS) is 22.0. The first-order valence-corrected chi connectivity index (χ1v) is 10.3. The molecule has 6 heteroatoms. The molecule has 2 aromatic rings. The van der Waals surface area contributed by atoms with Crippen molar-refractivity contribution < 1.29 is 13.2 Å². The average molecular weight is 372 g/mol. The maximum absolute atomic E-state index is 13.2. The highest BCUT2D eigenvalue weighted by Gasteiger charge is 2.60. The first kappa shape index (κ1) is 18.6. The number of hydrogen-bond donors (Lipinski definition) is 0. The predicted molar refractivity (Wildman–Crippen MR) is 101 cm³/mol. The number of rotatable bonds is 6. The standard InChI is InChI=1S/C20H24N2O3S/c1-4-21(5-2)20(23)19-18(16-9-7-6-8-10-16)22(19)26(24,25)17-13-11-15(3)12-14-17/h6-14,18-19H,4-5H2,1-3H3/t18-,19+,22?/m1/s1. The maximum Gasteiger partial charge on any atom is 0.244 e. The van der Waals surface area contributed by atoms with Crippen LogP contribution >= 0.6 is 0 Å². The molecule has 3 rings (SSSR count). The first-order valence-electron chi connectivity index (χ1n) is 8.85. The van der Waals surface area contributed by atoms with E-state index in [1.54, 1.807) is 29.2 Å². The van der Waals surface area contributed by atoms with Crippen molar-refractivity contribution in [3.05, 3.63) is 65.7 Å². The van der Waals surface area contributed by atoms with Gasteiger partial charge in [0.25, 0.3) is 0 Å². The monoisotopic (exact) mass is 372 g/mol. The number of aryl methyl sites for hydroxylation is 1. The zero-order chi connectivity index (χ0) is 18.9. The fraction of sp³-hybridized carbons (Fsp3) is 0.350. The molecule has 0 aliphatic carbocycles. The lowest BCUT2D eigenvalue weighted by Gasteiger charge is -2.18. The van der Waals surface area contributed by atoms with Crippen LogP contribution in [0, 0.1) is 6.92 Å². The predicted octanol–water partition coefficient (Wildman–Crippen LogP) is 2.98. The second-order valence-electron chi connectivity index (χ2n) is 6.46. The molecule has 138 valence electrons. The third-order valence-electron chi connectivity index (χ3n) is 4.82. The SMILES string of the molecule is CCN(CC)C(=O)[C@@H]1[C@@H](c2ccccc2)N1S(=O)(=O)c1ccc(C)cc1. The summed E-state index contributed by atoms with van der Waals surface area (Å²) in [6.07, 6.45) is 0. The number of amides is 1. The quantitative estimate of drug-likeness (QED) is 0.733. The minimum absolute atomic E-state index is 0.139. The lowest BCUT2D eigenvalue weighted by Crippen LogP contribution is -2.36. The Balaban J connectivity index is 1.99. The number of benzene rings is 2. The van der Waals surface area contributed by atoms with Crippen LogP contribution in [0.25, 0.3) is 0 Å². The maximum atomic E-state index is 13.2. The molecule has 5 nitrogen and oxygen atoms in total. The van der Waals surface area contributed by atoms with Crippen LogP contribution in [0.4, 0.5) is 0 Å². The lowest BCUT2D eigenvalue weighted by molar-refractivity contribution is -0.130. The highest BCUT2D eigenvalue weighted by Crippen LogP contribution is 2.48. The van der Waals surface area contributed by atoms with Crippen molar-refractivity contribution in [2.45, 2.75) is 37.8 Å². The summed E-state index contributed by atoms with van der Waals surface area (Å²) in [5, 5.41) is 0. The Morgan fingerprint density at radius 2 is 1.58 bits per heavy atom. The summed E-state index contributed by atoms with van der Waals surface area (Å²) in [7, 11) is -3.74. The van der Waals surface area contributed by atoms with E-state index in [0.29, 0.717) is 13.1 Å². The summed E-state index contributed by atoms with van der Waals surface area (Å²) < 4.78 is 27.7. The van der Waals surface area contributed by atoms with Crippen molar-refractivity contribution in [3.8, 4) is 0 Å². The number of likely N-dealkylation sites (N-methyl/N-ethyl adjacent to an activating group) is 1. The summed E-state index contributed by atoms with van der Waals surface area (Å²) in [5.41, 5.74) is 1.83. The van der Waals surface area contributed by atoms with Crippen LogP contribution in [0.2, 0.25) is 0 Å². The molecule has 26 heavy (non-hydrogen) atoms. The van der Waals surface area contributed by atoms with E-state index in [4.69, 9.17) is 0 Å². The van der Waals surface area contributed by atoms with Crippen molar-refractivity contribution in [2.24, 2.45) is 0 Å². The molecule has 0 aromatic heterocycles. The molecule has 1 heterocycles. The van der Waals surface area contributed by atoms with Crippen LogP contribution in [0.5, 0.6) is 0 Å². The fourth-order valence-electron chi connectivity index (χ4n) is 3.29. The van der Waals surface area contributed by atoms with Crippen LogP contribution in [0.1, 0.15) is 31.0 Å². The molecular weight excluding hydrogens is 348 g/mol. The zero-order valence-electron chi connectivity index (χ0n) is 15.3. The lowest BCUT2D eigenvalue weighted by atomic mass is 10.1. The number of carbonyl (C=O) groups is 1. The molecule has 0 spiro atoms. The van der Waals surface area contributed by atoms with Gasteiger partial charge in [-0.1, -0.05) is 48.0 Å². The van der Waals surface area contributed by atoms with Gasteiger partial charge in [-0.05, 0) is 38.5 Å². The van der Waals surface area contributed by atoms with Gasteiger partial charge >= 0.3 is 0 Å². The van der Waals surface area contributed by atoms with E-state index < -0.39 is 22.1 Å². The Bertz CT molecular complexity index is 875. The molecule has 0 N–H and O–H groups in total. The van der Waals surface area contributed by atoms with Gasteiger partial charge in [-0.25, -0.2) is 8.42 Å². The zero-order valence-corrected chi connectivity index (χ0v) is 16.1. The molecule has 1 unspecified atom stereocenters. The topological polar surface area (TPSA) is 57.5 Å². The summed E-state index contributed by atoms with van der Waals surface area (Å²) >= 11 is 0. The van der Waals surface area contributed by atoms with Gasteiger partial charge in [-0.3, -0.25) is 4.79 Å². The van der Waals surface area contributed by atoms with Crippen LogP contribution in [-0.2, 0) is 14.8 Å². The fourth-order valence-corrected chi connectivity index (χ4v) is 5.00. The number of hydrogen-bond acceptors (Lipinski definition) is 3. The van der Waals surface area contributed by atoms with E-state index in [1.807, 2.05) is 51.1 Å². The van der Waals surface area contributed by atoms with Crippen molar-refractivity contribution in [2.75, 3.05) is 13.1 Å². The van der Waals surface area contributed by atoms with Gasteiger partial charge in [0.05, 0.1) is 10.9 Å². The third-order valence-corrected chi connectivity index (χ3v) is 6.70. The second-order valence-corrected chi connectivity index (χ2v) is 8.30. The largest absolute Gasteiger partial charge is 0.342 e. The van der Waals surface area contributed by atoms with Gasteiger partial charge in [0.15, 0.2) is 0 Å². The smallest absolute Gasteiger partial charge is 0.244 e. The van der Waals surface area contributed by atoms with Crippen molar-refractivity contribution in [1.82, 2.24) is 9.21 Å². The molecule has 0 bridgehead atoms. The Labute approximate surface area is 155 Å². The van der Waals surface area contributed by atoms with Crippen LogP contribution in [0.3, 0.4) is 0 Å². The molecule has 1 aliphatic heterocycles. The van der Waals surface area contributed by atoms with E-state index in [2.05, 4.69) is 0 Å². The van der Waals surface area contributed by atoms with Gasteiger partial charge in [0, 0.05) is 13.1 Å². The van der Waals surface area contributed by atoms with Crippen LogP contribution in [0.15, 0.2) is 59.5 Å². The summed E-state index contributed by atoms with van der Waals surface area (Å²) in [6, 6.07) is 15.0. The number of carbonyl (C=O) groups excluding carboxylic acids is 1. The Kier molecular flexibility index (Phi) is 5.16. The Morgan fingerprint density at radius 3 is 2.12 bits per heavy atom. The Morgan fingerprint density at radius 1 is 1.00 bits per heavy atom. The number of sulfonamides is 1. The molecule has 0 saturated carbocycles. The van der Waals surface area contributed by atoms with Crippen molar-refractivity contribution in [3.63, 3.8) is 0 Å². The second kappa shape index (κ2) is 7.21. The van der Waals surface area contributed by atoms with Gasteiger partial charge < -0.3 is 4.90 Å². The minimum Gasteiger partial charge on any atom is -0.342 e. The van der Waals surface area contributed by atoms with E-state index in [1.165, 1.54) is 4.31 Å². The average Bonchev–Trinajstić information content (AvgIpc) is 3.40. The highest BCUT2D eigenvalue weighted by atomic mass is 32.2. The molecule has 1 saturated heterocycles.